The zero-order chi connectivity index (χ0) is 16.1. The normalized spacial score (nSPS) is 20.7. The highest BCUT2D eigenvalue weighted by Gasteiger charge is 2.29. The molecule has 6 nitrogen and oxygen atoms in total. The topological polar surface area (TPSA) is 71.3 Å². The molecule has 7 heteroatoms. The number of carbonyl (C=O) groups is 1. The minimum atomic E-state index is -0.0789. The van der Waals surface area contributed by atoms with Crippen molar-refractivity contribution in [3.8, 4) is 0 Å². The van der Waals surface area contributed by atoms with Crippen LogP contribution >= 0.6 is 11.8 Å². The molecule has 0 bridgehead atoms. The fraction of sp³-hybridized carbons (Fsp3) is 0.562. The standard InChI is InChI=1S/C16H23N5OS/c1-16(8-5-11-23-16)12-18-15(22)17-9-4-7-14-20-19-13-6-2-3-10-21(13)14/h2-3,6,10H,4-5,7-9,11-12H2,1H3,(H2,17,18,22). The molecule has 2 aromatic heterocycles. The van der Waals surface area contributed by atoms with Gasteiger partial charge in [0.25, 0.3) is 0 Å². The van der Waals surface area contributed by atoms with E-state index >= 15 is 0 Å². The zero-order valence-corrected chi connectivity index (χ0v) is 14.2. The van der Waals surface area contributed by atoms with Crippen LogP contribution < -0.4 is 10.6 Å². The van der Waals surface area contributed by atoms with Gasteiger partial charge in [0.2, 0.25) is 0 Å². The summed E-state index contributed by atoms with van der Waals surface area (Å²) in [5.74, 6) is 2.13. The number of nitrogens with zero attached hydrogens (tertiary/aromatic N) is 3. The highest BCUT2D eigenvalue weighted by atomic mass is 32.2. The van der Waals surface area contributed by atoms with Crippen LogP contribution in [0, 0.1) is 0 Å². The SMILES string of the molecule is CC1(CNC(=O)NCCCc2nnc3ccccn23)CCCS1. The number of aromatic nitrogens is 3. The van der Waals surface area contributed by atoms with Crippen molar-refractivity contribution in [3.63, 3.8) is 0 Å². The minimum absolute atomic E-state index is 0.0789. The number of pyridine rings is 1. The molecule has 23 heavy (non-hydrogen) atoms. The summed E-state index contributed by atoms with van der Waals surface area (Å²) < 4.78 is 2.19. The number of fused-ring (bicyclic) bond motifs is 1. The number of hydrogen-bond acceptors (Lipinski definition) is 4. The molecule has 1 atom stereocenters. The Balaban J connectivity index is 1.37. The van der Waals surface area contributed by atoms with Crippen molar-refractivity contribution in [1.82, 2.24) is 25.2 Å². The predicted octanol–water partition coefficient (Wildman–Crippen LogP) is 2.25. The van der Waals surface area contributed by atoms with Crippen LogP contribution in [0.1, 0.15) is 32.0 Å². The van der Waals surface area contributed by atoms with E-state index in [4.69, 9.17) is 0 Å². The second kappa shape index (κ2) is 7.21. The van der Waals surface area contributed by atoms with Crippen molar-refractivity contribution < 1.29 is 4.79 Å². The number of carbonyl (C=O) groups excluding carboxylic acids is 1. The Labute approximate surface area is 140 Å². The smallest absolute Gasteiger partial charge is 0.314 e. The molecule has 0 saturated carbocycles. The van der Waals surface area contributed by atoms with E-state index in [0.717, 1.165) is 30.9 Å². The van der Waals surface area contributed by atoms with Crippen LogP contribution in [0.25, 0.3) is 5.65 Å². The Kier molecular flexibility index (Phi) is 5.05. The summed E-state index contributed by atoms with van der Waals surface area (Å²) in [5.41, 5.74) is 0.857. The number of rotatable bonds is 6. The van der Waals surface area contributed by atoms with Crippen LogP contribution in [0.2, 0.25) is 0 Å². The maximum atomic E-state index is 11.9. The van der Waals surface area contributed by atoms with Crippen molar-refractivity contribution in [2.75, 3.05) is 18.8 Å². The number of thioether (sulfide) groups is 1. The molecule has 0 aliphatic carbocycles. The lowest BCUT2D eigenvalue weighted by molar-refractivity contribution is 0.239. The molecule has 0 aromatic carbocycles. The third-order valence-electron chi connectivity index (χ3n) is 4.17. The Hall–Kier alpha value is -1.76. The largest absolute Gasteiger partial charge is 0.338 e. The first-order valence-corrected chi connectivity index (χ1v) is 9.09. The van der Waals surface area contributed by atoms with Crippen LogP contribution in [0.3, 0.4) is 0 Å². The molecule has 124 valence electrons. The summed E-state index contributed by atoms with van der Waals surface area (Å²) in [7, 11) is 0. The van der Waals surface area contributed by atoms with Crippen LogP contribution in [0.15, 0.2) is 24.4 Å². The first kappa shape index (κ1) is 16.1. The lowest BCUT2D eigenvalue weighted by atomic mass is 10.1. The predicted molar refractivity (Wildman–Crippen MR) is 92.8 cm³/mol. The molecule has 0 spiro atoms. The van der Waals surface area contributed by atoms with Crippen LogP contribution in [-0.2, 0) is 6.42 Å². The first-order valence-electron chi connectivity index (χ1n) is 8.11. The van der Waals surface area contributed by atoms with E-state index in [0.29, 0.717) is 6.54 Å². The molecule has 1 fully saturated rings. The Morgan fingerprint density at radius 2 is 2.30 bits per heavy atom. The Bertz CT molecular complexity index is 665. The summed E-state index contributed by atoms with van der Waals surface area (Å²) in [4.78, 5) is 11.9. The summed E-state index contributed by atoms with van der Waals surface area (Å²) in [6.07, 6.45) is 6.02. The van der Waals surface area contributed by atoms with Gasteiger partial charge in [-0.05, 0) is 44.1 Å². The van der Waals surface area contributed by atoms with Gasteiger partial charge in [-0.15, -0.1) is 10.2 Å². The van der Waals surface area contributed by atoms with Gasteiger partial charge in [-0.2, -0.15) is 11.8 Å². The quantitative estimate of drug-likeness (QED) is 0.796. The average Bonchev–Trinajstić information content (AvgIpc) is 3.17. The average molecular weight is 333 g/mol. The van der Waals surface area contributed by atoms with Gasteiger partial charge >= 0.3 is 6.03 Å². The van der Waals surface area contributed by atoms with Crippen LogP contribution in [0.4, 0.5) is 4.79 Å². The van der Waals surface area contributed by atoms with Crippen molar-refractivity contribution >= 4 is 23.4 Å². The van der Waals surface area contributed by atoms with E-state index < -0.39 is 0 Å². The van der Waals surface area contributed by atoms with E-state index in [9.17, 15) is 4.79 Å². The fourth-order valence-electron chi connectivity index (χ4n) is 2.82. The highest BCUT2D eigenvalue weighted by Crippen LogP contribution is 2.36. The van der Waals surface area contributed by atoms with Gasteiger partial charge < -0.3 is 10.6 Å². The molecule has 1 saturated heterocycles. The molecule has 2 amide bonds. The van der Waals surface area contributed by atoms with Gasteiger partial charge in [0.1, 0.15) is 5.82 Å². The van der Waals surface area contributed by atoms with Crippen molar-refractivity contribution in [1.29, 1.82) is 0 Å². The number of aryl methyl sites for hydroxylation is 1. The molecule has 1 aliphatic heterocycles. The van der Waals surface area contributed by atoms with Crippen LogP contribution in [0.5, 0.6) is 0 Å². The number of amides is 2. The third-order valence-corrected chi connectivity index (χ3v) is 5.71. The Morgan fingerprint density at radius 1 is 1.39 bits per heavy atom. The van der Waals surface area contributed by atoms with Crippen molar-refractivity contribution in [2.24, 2.45) is 0 Å². The Morgan fingerprint density at radius 3 is 3.13 bits per heavy atom. The van der Waals surface area contributed by atoms with E-state index in [1.807, 2.05) is 40.6 Å². The molecular weight excluding hydrogens is 310 g/mol. The van der Waals surface area contributed by atoms with Gasteiger partial charge in [-0.1, -0.05) is 6.07 Å². The third kappa shape index (κ3) is 4.16. The second-order valence-electron chi connectivity index (χ2n) is 6.16. The monoisotopic (exact) mass is 333 g/mol. The molecular formula is C16H23N5OS. The maximum Gasteiger partial charge on any atom is 0.314 e. The number of hydrogen-bond donors (Lipinski definition) is 2. The summed E-state index contributed by atoms with van der Waals surface area (Å²) >= 11 is 1.95. The van der Waals surface area contributed by atoms with Crippen molar-refractivity contribution in [2.45, 2.75) is 37.4 Å². The van der Waals surface area contributed by atoms with Gasteiger partial charge in [0, 0.05) is 30.5 Å². The van der Waals surface area contributed by atoms with Gasteiger partial charge in [0.15, 0.2) is 5.65 Å². The molecule has 1 unspecified atom stereocenters. The van der Waals surface area contributed by atoms with Crippen molar-refractivity contribution in [3.05, 3.63) is 30.2 Å². The van der Waals surface area contributed by atoms with Crippen LogP contribution in [-0.4, -0.2) is 44.2 Å². The fourth-order valence-corrected chi connectivity index (χ4v) is 4.06. The number of urea groups is 1. The minimum Gasteiger partial charge on any atom is -0.338 e. The van der Waals surface area contributed by atoms with E-state index in [-0.39, 0.29) is 10.8 Å². The van der Waals surface area contributed by atoms with Gasteiger partial charge in [-0.25, -0.2) is 4.79 Å². The molecule has 0 radical (unpaired) electrons. The van der Waals surface area contributed by atoms with E-state index in [1.165, 1.54) is 18.6 Å². The van der Waals surface area contributed by atoms with E-state index in [1.54, 1.807) is 0 Å². The molecule has 3 rings (SSSR count). The molecule has 1 aliphatic rings. The maximum absolute atomic E-state index is 11.9. The van der Waals surface area contributed by atoms with E-state index in [2.05, 4.69) is 27.8 Å². The summed E-state index contributed by atoms with van der Waals surface area (Å²) in [6.45, 7) is 3.59. The molecule has 3 heterocycles. The second-order valence-corrected chi connectivity index (χ2v) is 7.84. The van der Waals surface area contributed by atoms with Gasteiger partial charge in [-0.3, -0.25) is 4.40 Å². The summed E-state index contributed by atoms with van der Waals surface area (Å²) in [5, 5.41) is 14.2. The molecule has 2 N–H and O–H groups in total. The lowest BCUT2D eigenvalue weighted by Gasteiger charge is -2.22. The highest BCUT2D eigenvalue weighted by molar-refractivity contribution is 8.00. The zero-order valence-electron chi connectivity index (χ0n) is 13.4. The lowest BCUT2D eigenvalue weighted by Crippen LogP contribution is -2.42. The number of nitrogens with one attached hydrogen (secondary N) is 2. The summed E-state index contributed by atoms with van der Waals surface area (Å²) in [6, 6.07) is 5.77. The molecule has 2 aromatic rings. The first-order chi connectivity index (χ1) is 11.2. The van der Waals surface area contributed by atoms with Gasteiger partial charge in [0.05, 0.1) is 0 Å².